The minimum Gasteiger partial charge on any atom is -0.477 e. The third-order valence-electron chi connectivity index (χ3n) is 1.19. The maximum absolute atomic E-state index is 5.21. The molecule has 1 aromatic rings. The summed E-state index contributed by atoms with van der Waals surface area (Å²) in [7, 11) is 0. The van der Waals surface area contributed by atoms with E-state index in [9.17, 15) is 0 Å². The van der Waals surface area contributed by atoms with Crippen molar-refractivity contribution in [3.8, 4) is 11.8 Å². The molecule has 12 heavy (non-hydrogen) atoms. The maximum atomic E-state index is 5.21. The van der Waals surface area contributed by atoms with Crippen molar-refractivity contribution in [1.29, 1.82) is 0 Å². The quantitative estimate of drug-likeness (QED) is 0.665. The van der Waals surface area contributed by atoms with Crippen LogP contribution in [0.2, 0.25) is 0 Å². The van der Waals surface area contributed by atoms with Crippen molar-refractivity contribution in [1.82, 2.24) is 9.97 Å². The minimum atomic E-state index is 0.302. The molecule has 0 aromatic carbocycles. The number of aromatic nitrogens is 2. The lowest BCUT2D eigenvalue weighted by Crippen LogP contribution is -2.05. The van der Waals surface area contributed by atoms with Crippen LogP contribution < -0.4 is 15.5 Å². The molecule has 1 rings (SSSR count). The Balaban J connectivity index is 2.60. The van der Waals surface area contributed by atoms with Crippen LogP contribution in [0.4, 0.5) is 0 Å². The van der Waals surface area contributed by atoms with Crippen LogP contribution in [0.1, 0.15) is 13.3 Å². The monoisotopic (exact) mass is 169 g/mol. The molecule has 2 N–H and O–H groups in total. The molecule has 5 heteroatoms. The molecule has 0 saturated heterocycles. The van der Waals surface area contributed by atoms with Gasteiger partial charge in [-0.25, -0.2) is 4.98 Å². The van der Waals surface area contributed by atoms with E-state index in [4.69, 9.17) is 10.6 Å². The first-order valence-electron chi connectivity index (χ1n) is 3.68. The summed E-state index contributed by atoms with van der Waals surface area (Å²) < 4.78 is 5.21. The predicted molar refractivity (Wildman–Crippen MR) is 42.6 cm³/mol. The Labute approximate surface area is 70.5 Å². The summed E-state index contributed by atoms with van der Waals surface area (Å²) in [6, 6.07) is 1.54. The topological polar surface area (TPSA) is 70.3 Å². The molecular weight excluding hydrogens is 158 g/mol. The Kier molecular flexibility index (Phi) is 3.28. The molecule has 0 saturated carbocycles. The number of nitrogens with two attached hydrogens (primary N) is 1. The Bertz CT molecular complexity index is 242. The van der Waals surface area contributed by atoms with E-state index in [1.54, 1.807) is 0 Å². The molecule has 0 aliphatic heterocycles. The summed E-state index contributed by atoms with van der Waals surface area (Å²) in [6.07, 6.45) is 2.27. The van der Waals surface area contributed by atoms with Crippen LogP contribution in [0.15, 0.2) is 12.4 Å². The lowest BCUT2D eigenvalue weighted by Gasteiger charge is -2.02. The van der Waals surface area contributed by atoms with E-state index in [-0.39, 0.29) is 0 Å². The van der Waals surface area contributed by atoms with Gasteiger partial charge in [-0.3, -0.25) is 0 Å². The van der Waals surface area contributed by atoms with Crippen molar-refractivity contribution in [3.63, 3.8) is 0 Å². The molecule has 1 aromatic heterocycles. The van der Waals surface area contributed by atoms with Crippen LogP contribution in [0.25, 0.3) is 0 Å². The first-order chi connectivity index (χ1) is 5.86. The smallest absolute Gasteiger partial charge is 0.244 e. The van der Waals surface area contributed by atoms with Gasteiger partial charge in [0.1, 0.15) is 6.33 Å². The molecule has 0 atom stereocenters. The van der Waals surface area contributed by atoms with Crippen molar-refractivity contribution in [2.45, 2.75) is 13.3 Å². The van der Waals surface area contributed by atoms with E-state index < -0.39 is 0 Å². The molecule has 0 bridgehead atoms. The average Bonchev–Trinajstić information content (AvgIpc) is 2.15. The molecule has 66 valence electrons. The van der Waals surface area contributed by atoms with Crippen molar-refractivity contribution in [2.24, 2.45) is 5.90 Å². The molecule has 0 unspecified atom stereocenters. The van der Waals surface area contributed by atoms with E-state index in [0.29, 0.717) is 18.4 Å². The van der Waals surface area contributed by atoms with Crippen LogP contribution in [0.3, 0.4) is 0 Å². The molecule has 0 fully saturated rings. The first kappa shape index (κ1) is 8.73. The SMILES string of the molecule is CCCOc1cc(ON)ncn1. The largest absolute Gasteiger partial charge is 0.477 e. The summed E-state index contributed by atoms with van der Waals surface area (Å²) in [6.45, 7) is 2.64. The van der Waals surface area contributed by atoms with Gasteiger partial charge in [-0.1, -0.05) is 6.92 Å². The van der Waals surface area contributed by atoms with Crippen LogP contribution in [-0.4, -0.2) is 16.6 Å². The molecular formula is C7H11N3O2. The van der Waals surface area contributed by atoms with Crippen LogP contribution in [0.5, 0.6) is 11.8 Å². The van der Waals surface area contributed by atoms with Crippen molar-refractivity contribution in [3.05, 3.63) is 12.4 Å². The normalized spacial score (nSPS) is 9.50. The van der Waals surface area contributed by atoms with E-state index >= 15 is 0 Å². The van der Waals surface area contributed by atoms with Crippen LogP contribution in [0, 0.1) is 0 Å². The second-order valence-electron chi connectivity index (χ2n) is 2.16. The molecule has 1 heterocycles. The fraction of sp³-hybridized carbons (Fsp3) is 0.429. The Morgan fingerprint density at radius 2 is 2.17 bits per heavy atom. The zero-order valence-electron chi connectivity index (χ0n) is 6.86. The molecule has 0 amide bonds. The highest BCUT2D eigenvalue weighted by Crippen LogP contribution is 2.11. The highest BCUT2D eigenvalue weighted by atomic mass is 16.6. The Hall–Kier alpha value is -1.36. The summed E-state index contributed by atoms with van der Waals surface area (Å²) in [5.74, 6) is 5.68. The lowest BCUT2D eigenvalue weighted by molar-refractivity contribution is 0.290. The first-order valence-corrected chi connectivity index (χ1v) is 3.68. The second kappa shape index (κ2) is 4.50. The van der Waals surface area contributed by atoms with E-state index in [1.807, 2.05) is 6.92 Å². The van der Waals surface area contributed by atoms with Gasteiger partial charge >= 0.3 is 0 Å². The zero-order valence-corrected chi connectivity index (χ0v) is 6.86. The predicted octanol–water partition coefficient (Wildman–Crippen LogP) is 0.518. The highest BCUT2D eigenvalue weighted by Gasteiger charge is 1.97. The number of hydrogen-bond acceptors (Lipinski definition) is 5. The van der Waals surface area contributed by atoms with Gasteiger partial charge in [0.25, 0.3) is 0 Å². The van der Waals surface area contributed by atoms with Gasteiger partial charge in [-0.2, -0.15) is 10.9 Å². The van der Waals surface area contributed by atoms with Crippen molar-refractivity contribution >= 4 is 0 Å². The number of hydrogen-bond donors (Lipinski definition) is 1. The fourth-order valence-electron chi connectivity index (χ4n) is 0.673. The standard InChI is InChI=1S/C7H11N3O2/c1-2-3-11-6-4-7(12-8)10-5-9-6/h4-5H,2-3,8H2,1H3. The van der Waals surface area contributed by atoms with Gasteiger partial charge in [-0.05, 0) is 6.42 Å². The molecule has 0 spiro atoms. The van der Waals surface area contributed by atoms with Crippen molar-refractivity contribution in [2.75, 3.05) is 6.61 Å². The lowest BCUT2D eigenvalue weighted by atomic mass is 10.5. The fourth-order valence-corrected chi connectivity index (χ4v) is 0.673. The van der Waals surface area contributed by atoms with E-state index in [1.165, 1.54) is 12.4 Å². The molecule has 0 aliphatic rings. The molecule has 5 nitrogen and oxygen atoms in total. The van der Waals surface area contributed by atoms with Gasteiger partial charge in [-0.15, -0.1) is 0 Å². The summed E-state index contributed by atoms with van der Waals surface area (Å²) in [5.41, 5.74) is 0. The summed E-state index contributed by atoms with van der Waals surface area (Å²) >= 11 is 0. The summed E-state index contributed by atoms with van der Waals surface area (Å²) in [5, 5.41) is 0. The number of rotatable bonds is 4. The van der Waals surface area contributed by atoms with E-state index in [2.05, 4.69) is 14.8 Å². The minimum absolute atomic E-state index is 0.302. The third kappa shape index (κ3) is 2.35. The van der Waals surface area contributed by atoms with Gasteiger partial charge in [0, 0.05) is 0 Å². The Morgan fingerprint density at radius 3 is 2.83 bits per heavy atom. The molecule has 0 aliphatic carbocycles. The van der Waals surface area contributed by atoms with Gasteiger partial charge < -0.3 is 9.57 Å². The van der Waals surface area contributed by atoms with Gasteiger partial charge in [0.15, 0.2) is 0 Å². The number of nitrogens with zero attached hydrogens (tertiary/aromatic N) is 2. The zero-order chi connectivity index (χ0) is 8.81. The third-order valence-corrected chi connectivity index (χ3v) is 1.19. The second-order valence-corrected chi connectivity index (χ2v) is 2.16. The van der Waals surface area contributed by atoms with E-state index in [0.717, 1.165) is 6.42 Å². The summed E-state index contributed by atoms with van der Waals surface area (Å²) in [4.78, 5) is 12.0. The van der Waals surface area contributed by atoms with Crippen molar-refractivity contribution < 1.29 is 9.57 Å². The van der Waals surface area contributed by atoms with Crippen LogP contribution in [-0.2, 0) is 0 Å². The highest BCUT2D eigenvalue weighted by molar-refractivity contribution is 5.17. The van der Waals surface area contributed by atoms with Gasteiger partial charge in [0.05, 0.1) is 12.7 Å². The maximum Gasteiger partial charge on any atom is 0.244 e. The van der Waals surface area contributed by atoms with Gasteiger partial charge in [0.2, 0.25) is 11.8 Å². The Morgan fingerprint density at radius 1 is 1.42 bits per heavy atom. The average molecular weight is 169 g/mol. The molecule has 0 radical (unpaired) electrons. The number of ether oxygens (including phenoxy) is 1. The van der Waals surface area contributed by atoms with Crippen LogP contribution >= 0.6 is 0 Å².